The van der Waals surface area contributed by atoms with Gasteiger partial charge in [-0.1, -0.05) is 12.1 Å². The first-order chi connectivity index (χ1) is 16.4. The summed E-state index contributed by atoms with van der Waals surface area (Å²) >= 11 is 0. The van der Waals surface area contributed by atoms with Gasteiger partial charge in [0, 0.05) is 33.8 Å². The Labute approximate surface area is 207 Å². The third-order valence-corrected chi connectivity index (χ3v) is 6.37. The standard InChI is InChI=1S/C25H31N3O6S/c1-16-7-6-8-19(17(16)2)28(12-22(29)27-25(3,4)5)24(31)14-35(32)13-23(30)26-18-9-10-20-21(11-18)34-15-33-20/h6-11H,12-15H2,1-5H3,(H,26,30)(H,27,29)/t35-/m0/s1. The van der Waals surface area contributed by atoms with Gasteiger partial charge in [0.1, 0.15) is 18.1 Å². The Morgan fingerprint density at radius 2 is 1.71 bits per heavy atom. The van der Waals surface area contributed by atoms with Crippen molar-refractivity contribution in [2.75, 3.05) is 35.1 Å². The van der Waals surface area contributed by atoms with Crippen molar-refractivity contribution in [1.29, 1.82) is 0 Å². The van der Waals surface area contributed by atoms with Crippen LogP contribution >= 0.6 is 0 Å². The summed E-state index contributed by atoms with van der Waals surface area (Å²) in [6, 6.07) is 10.4. The van der Waals surface area contributed by atoms with Gasteiger partial charge < -0.3 is 25.0 Å². The molecule has 9 nitrogen and oxygen atoms in total. The summed E-state index contributed by atoms with van der Waals surface area (Å²) in [5, 5.41) is 5.50. The second kappa shape index (κ2) is 10.9. The van der Waals surface area contributed by atoms with Crippen molar-refractivity contribution in [3.63, 3.8) is 0 Å². The lowest BCUT2D eigenvalue weighted by molar-refractivity contribution is -0.124. The molecule has 0 radical (unpaired) electrons. The van der Waals surface area contributed by atoms with E-state index >= 15 is 0 Å². The lowest BCUT2D eigenvalue weighted by Gasteiger charge is -2.27. The van der Waals surface area contributed by atoms with Crippen LogP contribution in [0.25, 0.3) is 0 Å². The van der Waals surface area contributed by atoms with E-state index in [1.165, 1.54) is 4.90 Å². The Bertz CT molecular complexity index is 1160. The van der Waals surface area contributed by atoms with Crippen molar-refractivity contribution in [2.24, 2.45) is 0 Å². The molecule has 35 heavy (non-hydrogen) atoms. The van der Waals surface area contributed by atoms with Crippen molar-refractivity contribution in [2.45, 2.75) is 40.2 Å². The lowest BCUT2D eigenvalue weighted by Crippen LogP contribution is -2.48. The molecule has 0 saturated heterocycles. The predicted octanol–water partition coefficient (Wildman–Crippen LogP) is 2.67. The highest BCUT2D eigenvalue weighted by molar-refractivity contribution is 7.86. The van der Waals surface area contributed by atoms with Crippen LogP contribution in [0.15, 0.2) is 36.4 Å². The van der Waals surface area contributed by atoms with Gasteiger partial charge in [0.05, 0.1) is 0 Å². The van der Waals surface area contributed by atoms with E-state index in [-0.39, 0.29) is 25.0 Å². The van der Waals surface area contributed by atoms with Gasteiger partial charge in [0.15, 0.2) is 11.5 Å². The van der Waals surface area contributed by atoms with Crippen molar-refractivity contribution in [1.82, 2.24) is 5.32 Å². The zero-order chi connectivity index (χ0) is 25.8. The van der Waals surface area contributed by atoms with Crippen LogP contribution < -0.4 is 25.0 Å². The molecule has 2 aromatic rings. The molecule has 188 valence electrons. The molecule has 0 aromatic heterocycles. The van der Waals surface area contributed by atoms with E-state index < -0.39 is 33.9 Å². The number of nitrogens with one attached hydrogen (secondary N) is 2. The Hall–Kier alpha value is -3.40. The van der Waals surface area contributed by atoms with Gasteiger partial charge in [-0.05, 0) is 63.9 Å². The Morgan fingerprint density at radius 3 is 2.43 bits per heavy atom. The molecule has 0 unspecified atom stereocenters. The minimum atomic E-state index is -1.78. The van der Waals surface area contributed by atoms with Gasteiger partial charge in [-0.2, -0.15) is 0 Å². The molecule has 0 spiro atoms. The van der Waals surface area contributed by atoms with Crippen LogP contribution in [0.4, 0.5) is 11.4 Å². The maximum atomic E-state index is 13.2. The summed E-state index contributed by atoms with van der Waals surface area (Å²) in [4.78, 5) is 39.5. The van der Waals surface area contributed by atoms with Crippen LogP contribution in [0.1, 0.15) is 31.9 Å². The highest BCUT2D eigenvalue weighted by Crippen LogP contribution is 2.34. The molecule has 0 fully saturated rings. The van der Waals surface area contributed by atoms with Crippen molar-refractivity contribution in [3.8, 4) is 11.5 Å². The zero-order valence-electron chi connectivity index (χ0n) is 20.6. The van der Waals surface area contributed by atoms with Gasteiger partial charge in [-0.25, -0.2) is 0 Å². The molecule has 1 atom stereocenters. The minimum absolute atomic E-state index is 0.115. The number of ether oxygens (including phenoxy) is 2. The second-order valence-corrected chi connectivity index (χ2v) is 10.8. The van der Waals surface area contributed by atoms with Crippen LogP contribution in [-0.4, -0.2) is 52.3 Å². The van der Waals surface area contributed by atoms with Crippen LogP contribution in [-0.2, 0) is 25.2 Å². The van der Waals surface area contributed by atoms with E-state index in [4.69, 9.17) is 9.47 Å². The number of aryl methyl sites for hydroxylation is 1. The van der Waals surface area contributed by atoms with E-state index in [1.807, 2.05) is 40.7 Å². The van der Waals surface area contributed by atoms with Gasteiger partial charge in [-0.15, -0.1) is 0 Å². The maximum absolute atomic E-state index is 13.2. The first kappa shape index (κ1) is 26.2. The molecule has 10 heteroatoms. The fourth-order valence-electron chi connectivity index (χ4n) is 3.52. The number of hydrogen-bond donors (Lipinski definition) is 2. The number of amides is 3. The summed E-state index contributed by atoms with van der Waals surface area (Å²) in [5.74, 6) is -1.01. The summed E-state index contributed by atoms with van der Waals surface area (Å²) in [6.45, 7) is 9.22. The lowest BCUT2D eigenvalue weighted by atomic mass is 10.1. The zero-order valence-corrected chi connectivity index (χ0v) is 21.4. The maximum Gasteiger partial charge on any atom is 0.240 e. The fraction of sp³-hybridized carbons (Fsp3) is 0.400. The van der Waals surface area contributed by atoms with Crippen molar-refractivity contribution < 1.29 is 28.1 Å². The number of benzene rings is 2. The third kappa shape index (κ3) is 7.29. The second-order valence-electron chi connectivity index (χ2n) is 9.34. The fourth-order valence-corrected chi connectivity index (χ4v) is 4.42. The molecular weight excluding hydrogens is 470 g/mol. The molecule has 3 amide bonds. The van der Waals surface area contributed by atoms with E-state index in [9.17, 15) is 18.6 Å². The average molecular weight is 502 g/mol. The number of nitrogens with zero attached hydrogens (tertiary/aromatic N) is 1. The van der Waals surface area contributed by atoms with Crippen LogP contribution in [0, 0.1) is 13.8 Å². The van der Waals surface area contributed by atoms with Crippen LogP contribution in [0.5, 0.6) is 11.5 Å². The molecule has 1 aliphatic heterocycles. The quantitative estimate of drug-likeness (QED) is 0.575. The first-order valence-corrected chi connectivity index (χ1v) is 12.6. The van der Waals surface area contributed by atoms with Gasteiger partial charge in [-0.3, -0.25) is 18.6 Å². The van der Waals surface area contributed by atoms with Gasteiger partial charge in [0.2, 0.25) is 24.5 Å². The summed E-state index contributed by atoms with van der Waals surface area (Å²) in [6.07, 6.45) is 0. The molecule has 1 aliphatic rings. The van der Waals surface area contributed by atoms with Crippen molar-refractivity contribution >= 4 is 39.9 Å². The third-order valence-electron chi connectivity index (χ3n) is 5.22. The predicted molar refractivity (Wildman–Crippen MR) is 135 cm³/mol. The summed E-state index contributed by atoms with van der Waals surface area (Å²) in [7, 11) is -1.78. The highest BCUT2D eigenvalue weighted by atomic mass is 32.2. The number of carbonyl (C=O) groups is 3. The average Bonchev–Trinajstić information content (AvgIpc) is 3.20. The smallest absolute Gasteiger partial charge is 0.240 e. The number of fused-ring (bicyclic) bond motifs is 1. The van der Waals surface area contributed by atoms with E-state index in [1.54, 1.807) is 30.3 Å². The number of hydrogen-bond acceptors (Lipinski definition) is 6. The topological polar surface area (TPSA) is 114 Å². The van der Waals surface area contributed by atoms with Gasteiger partial charge in [0.25, 0.3) is 0 Å². The monoisotopic (exact) mass is 501 g/mol. The first-order valence-electron chi connectivity index (χ1n) is 11.1. The highest BCUT2D eigenvalue weighted by Gasteiger charge is 2.25. The SMILES string of the molecule is Cc1cccc(N(CC(=O)NC(C)(C)C)C(=O)C[S@@](=O)CC(=O)Nc2ccc3c(c2)OCO3)c1C. The van der Waals surface area contributed by atoms with Crippen LogP contribution in [0.3, 0.4) is 0 Å². The molecule has 0 aliphatic carbocycles. The van der Waals surface area contributed by atoms with E-state index in [0.717, 1.165) is 11.1 Å². The molecule has 0 saturated carbocycles. The number of carbonyl (C=O) groups excluding carboxylic acids is 3. The minimum Gasteiger partial charge on any atom is -0.454 e. The Balaban J connectivity index is 1.67. The largest absolute Gasteiger partial charge is 0.454 e. The Morgan fingerprint density at radius 1 is 1.00 bits per heavy atom. The summed E-state index contributed by atoms with van der Waals surface area (Å²) < 4.78 is 23.2. The molecule has 2 N–H and O–H groups in total. The number of anilines is 2. The van der Waals surface area contributed by atoms with Gasteiger partial charge >= 0.3 is 0 Å². The van der Waals surface area contributed by atoms with E-state index in [2.05, 4.69) is 10.6 Å². The van der Waals surface area contributed by atoms with E-state index in [0.29, 0.717) is 22.9 Å². The molecule has 3 rings (SSSR count). The molecular formula is C25H31N3O6S. The molecule has 0 bridgehead atoms. The molecule has 2 aromatic carbocycles. The molecule has 1 heterocycles. The van der Waals surface area contributed by atoms with Crippen molar-refractivity contribution in [3.05, 3.63) is 47.5 Å². The normalized spacial score (nSPS) is 13.2. The number of rotatable bonds is 8. The van der Waals surface area contributed by atoms with Crippen LogP contribution in [0.2, 0.25) is 0 Å². The Kier molecular flexibility index (Phi) is 8.16. The summed E-state index contributed by atoms with van der Waals surface area (Å²) in [5.41, 5.74) is 2.37.